The summed E-state index contributed by atoms with van der Waals surface area (Å²) < 4.78 is 37.9. The van der Waals surface area contributed by atoms with Crippen LogP contribution in [0, 0.1) is 5.92 Å². The second kappa shape index (κ2) is 17.0. The number of hydrogen-bond acceptors (Lipinski definition) is 17. The van der Waals surface area contributed by atoms with Crippen molar-refractivity contribution in [1.82, 2.24) is 0 Å². The molecule has 3 aliphatic rings. The maximum atomic E-state index is 13.0. The van der Waals surface area contributed by atoms with E-state index in [9.17, 15) is 50.4 Å². The molecule has 0 saturated carbocycles. The zero-order valence-electron chi connectivity index (χ0n) is 26.2. The fourth-order valence-corrected chi connectivity index (χ4v) is 5.47. The zero-order valence-corrected chi connectivity index (χ0v) is 26.2. The third kappa shape index (κ3) is 8.50. The highest BCUT2D eigenvalue weighted by atomic mass is 16.8. The van der Waals surface area contributed by atoms with Gasteiger partial charge in [0.15, 0.2) is 6.29 Å². The van der Waals surface area contributed by atoms with Crippen LogP contribution in [0.2, 0.25) is 0 Å². The maximum Gasteiger partial charge on any atom is 0.337 e. The number of carbonyl (C=O) groups is 2. The Hall–Kier alpha value is -3.20. The molecule has 1 aromatic rings. The highest BCUT2D eigenvalue weighted by Crippen LogP contribution is 2.36. The molecule has 2 saturated heterocycles. The third-order valence-corrected chi connectivity index (χ3v) is 8.28. The first-order chi connectivity index (χ1) is 22.9. The van der Waals surface area contributed by atoms with Gasteiger partial charge >= 0.3 is 11.9 Å². The number of benzene rings is 1. The summed E-state index contributed by atoms with van der Waals surface area (Å²) in [5, 5.41) is 79.4. The summed E-state index contributed by atoms with van der Waals surface area (Å²) in [6.45, 7) is 0.297. The Labute approximate surface area is 275 Å². The van der Waals surface area contributed by atoms with Crippen molar-refractivity contribution in [3.8, 4) is 5.75 Å². The highest BCUT2D eigenvalue weighted by molar-refractivity contribution is 5.90. The molecule has 8 N–H and O–H groups in total. The summed E-state index contributed by atoms with van der Waals surface area (Å²) >= 11 is 0. The van der Waals surface area contributed by atoms with E-state index in [1.165, 1.54) is 6.08 Å². The normalized spacial score (nSPS) is 36.1. The number of rotatable bonds is 12. The van der Waals surface area contributed by atoms with Gasteiger partial charge in [0.05, 0.1) is 45.2 Å². The molecule has 268 valence electrons. The van der Waals surface area contributed by atoms with Crippen LogP contribution in [0.4, 0.5) is 0 Å². The van der Waals surface area contributed by atoms with Gasteiger partial charge in [-0.15, -0.1) is 0 Å². The van der Waals surface area contributed by atoms with Gasteiger partial charge in [0.1, 0.15) is 54.6 Å². The molecular weight excluding hydrogens is 644 g/mol. The van der Waals surface area contributed by atoms with Gasteiger partial charge in [-0.1, -0.05) is 18.2 Å². The van der Waals surface area contributed by atoms with Gasteiger partial charge in [0, 0.05) is 17.9 Å². The number of hydrogen-bond donors (Lipinski definition) is 8. The van der Waals surface area contributed by atoms with Crippen LogP contribution in [0.5, 0.6) is 5.75 Å². The van der Waals surface area contributed by atoms with Gasteiger partial charge in [-0.05, 0) is 24.6 Å². The lowest BCUT2D eigenvalue weighted by atomic mass is 9.86. The standard InChI is InChI=1S/C31H42O17/c1-3-16-17(18(28(41)42-2)13-44-29(16)48-31-27(40)25(38)23(36)20(12-33)47-31)10-21(34)43-9-8-14-4-6-15(7-5-14)45-30-26(39)24(37)22(35)19(11-32)46-30/h3-7,13,17,19-20,22-27,29-33,35-40H,8-12H2,1-2H3/b16-3+/t17-,19+,20+,22+,23+,24-,25-,26+,27+,29-,30+,31-/m0/s1. The lowest BCUT2D eigenvalue weighted by Crippen LogP contribution is -2.60. The summed E-state index contributed by atoms with van der Waals surface area (Å²) in [4.78, 5) is 25.5. The van der Waals surface area contributed by atoms with E-state index in [-0.39, 0.29) is 29.9 Å². The molecule has 4 rings (SSSR count). The summed E-state index contributed by atoms with van der Waals surface area (Å²) in [5.41, 5.74) is 1.01. The van der Waals surface area contributed by atoms with Crippen LogP contribution < -0.4 is 4.74 Å². The molecule has 17 heteroatoms. The second-order valence-electron chi connectivity index (χ2n) is 11.3. The van der Waals surface area contributed by atoms with Gasteiger partial charge in [-0.3, -0.25) is 4.79 Å². The SMILES string of the molecule is C/C=C1/[C@H](O[C@@H]2O[C@H](CO)[C@@H](O)[C@H](O)[C@H]2O)OC=C(C(=O)OC)[C@H]1CC(=O)OCCc1ccc(O[C@@H]2O[C@H](CO)[C@@H](O)[C@H](O)[C@H]2O)cc1. The number of ether oxygens (including phenoxy) is 7. The fourth-order valence-electron chi connectivity index (χ4n) is 5.47. The molecule has 17 nitrogen and oxygen atoms in total. The lowest BCUT2D eigenvalue weighted by molar-refractivity contribution is -0.327. The molecule has 0 amide bonds. The van der Waals surface area contributed by atoms with Crippen LogP contribution in [-0.4, -0.2) is 147 Å². The Morgan fingerprint density at radius 1 is 0.833 bits per heavy atom. The Kier molecular flexibility index (Phi) is 13.3. The molecule has 3 aliphatic heterocycles. The number of methoxy groups -OCH3 is 1. The topological polar surface area (TPSA) is 261 Å². The van der Waals surface area contributed by atoms with Crippen molar-refractivity contribution in [3.63, 3.8) is 0 Å². The number of carbonyl (C=O) groups excluding carboxylic acids is 2. The minimum Gasteiger partial charge on any atom is -0.468 e. The summed E-state index contributed by atoms with van der Waals surface area (Å²) in [5.74, 6) is -2.12. The Bertz CT molecular complexity index is 1280. The van der Waals surface area contributed by atoms with E-state index >= 15 is 0 Å². The zero-order chi connectivity index (χ0) is 35.1. The first-order valence-corrected chi connectivity index (χ1v) is 15.2. The van der Waals surface area contributed by atoms with E-state index in [4.69, 9.17) is 33.2 Å². The van der Waals surface area contributed by atoms with Crippen molar-refractivity contribution in [3.05, 3.63) is 53.3 Å². The van der Waals surface area contributed by atoms with Crippen molar-refractivity contribution < 1.29 is 83.6 Å². The van der Waals surface area contributed by atoms with E-state index in [1.807, 2.05) is 0 Å². The minimum absolute atomic E-state index is 0.00815. The molecule has 1 aromatic carbocycles. The molecule has 0 bridgehead atoms. The van der Waals surface area contributed by atoms with Gasteiger partial charge in [0.25, 0.3) is 0 Å². The average molecular weight is 687 g/mol. The molecule has 0 unspecified atom stereocenters. The van der Waals surface area contributed by atoms with Crippen molar-refractivity contribution in [2.24, 2.45) is 5.92 Å². The average Bonchev–Trinajstić information content (AvgIpc) is 3.09. The van der Waals surface area contributed by atoms with Crippen LogP contribution in [0.3, 0.4) is 0 Å². The van der Waals surface area contributed by atoms with E-state index in [2.05, 4.69) is 0 Å². The van der Waals surface area contributed by atoms with E-state index in [0.717, 1.165) is 18.9 Å². The first-order valence-electron chi connectivity index (χ1n) is 15.2. The number of aliphatic hydroxyl groups excluding tert-OH is 8. The molecule has 0 spiro atoms. The number of allylic oxidation sites excluding steroid dienone is 1. The van der Waals surface area contributed by atoms with Crippen molar-refractivity contribution >= 4 is 11.9 Å². The predicted octanol–water partition coefficient (Wildman–Crippen LogP) is -2.87. The monoisotopic (exact) mass is 686 g/mol. The predicted molar refractivity (Wildman–Crippen MR) is 157 cm³/mol. The lowest BCUT2D eigenvalue weighted by Gasteiger charge is -2.41. The molecule has 3 heterocycles. The molecule has 12 atom stereocenters. The van der Waals surface area contributed by atoms with E-state index in [0.29, 0.717) is 6.42 Å². The fraction of sp³-hybridized carbons (Fsp3) is 0.613. The van der Waals surface area contributed by atoms with Crippen molar-refractivity contribution in [1.29, 1.82) is 0 Å². The Balaban J connectivity index is 1.34. The molecule has 2 fully saturated rings. The first kappa shape index (κ1) is 37.6. The largest absolute Gasteiger partial charge is 0.468 e. The smallest absolute Gasteiger partial charge is 0.337 e. The van der Waals surface area contributed by atoms with Gasteiger partial charge in [-0.25, -0.2) is 4.79 Å². The van der Waals surface area contributed by atoms with Crippen LogP contribution >= 0.6 is 0 Å². The molecule has 0 aliphatic carbocycles. The second-order valence-corrected chi connectivity index (χ2v) is 11.3. The molecule has 48 heavy (non-hydrogen) atoms. The quantitative estimate of drug-likeness (QED) is 0.0812. The van der Waals surface area contributed by atoms with Crippen LogP contribution in [0.1, 0.15) is 18.9 Å². The summed E-state index contributed by atoms with van der Waals surface area (Å²) in [7, 11) is 1.16. The van der Waals surface area contributed by atoms with Gasteiger partial charge < -0.3 is 74.0 Å². The van der Waals surface area contributed by atoms with Crippen LogP contribution in [0.15, 0.2) is 47.7 Å². The molecule has 0 aromatic heterocycles. The highest BCUT2D eigenvalue weighted by Gasteiger charge is 2.47. The van der Waals surface area contributed by atoms with E-state index in [1.54, 1.807) is 31.2 Å². The summed E-state index contributed by atoms with van der Waals surface area (Å²) in [6, 6.07) is 6.45. The van der Waals surface area contributed by atoms with Crippen molar-refractivity contribution in [2.45, 2.75) is 87.5 Å². The minimum atomic E-state index is -1.72. The molecule has 0 radical (unpaired) electrons. The number of aliphatic hydroxyl groups is 8. The van der Waals surface area contributed by atoms with Crippen molar-refractivity contribution in [2.75, 3.05) is 26.9 Å². The third-order valence-electron chi connectivity index (χ3n) is 8.28. The Morgan fingerprint density at radius 2 is 1.42 bits per heavy atom. The van der Waals surface area contributed by atoms with Gasteiger partial charge in [0.2, 0.25) is 12.6 Å². The summed E-state index contributed by atoms with van der Waals surface area (Å²) in [6.07, 6.45) is -13.7. The number of esters is 2. The van der Waals surface area contributed by atoms with E-state index < -0.39 is 98.8 Å². The Morgan fingerprint density at radius 3 is 1.98 bits per heavy atom. The van der Waals surface area contributed by atoms with Crippen LogP contribution in [-0.2, 0) is 44.4 Å². The van der Waals surface area contributed by atoms with Crippen LogP contribution in [0.25, 0.3) is 0 Å². The van der Waals surface area contributed by atoms with Gasteiger partial charge in [-0.2, -0.15) is 0 Å². The maximum absolute atomic E-state index is 13.0. The molecular formula is C31H42O17.